The molecule has 0 spiro atoms. The molecular weight excluding hydrogens is 250 g/mol. The van der Waals surface area contributed by atoms with Crippen molar-refractivity contribution in [2.75, 3.05) is 25.6 Å². The van der Waals surface area contributed by atoms with Crippen LogP contribution in [0, 0.1) is 0 Å². The zero-order valence-corrected chi connectivity index (χ0v) is 11.4. The second-order valence-corrected chi connectivity index (χ2v) is 4.78. The molecule has 1 amide bonds. The molecule has 4 heteroatoms. The summed E-state index contributed by atoms with van der Waals surface area (Å²) in [6, 6.07) is 5.67. The van der Waals surface area contributed by atoms with Crippen LogP contribution in [0.25, 0.3) is 0 Å². The summed E-state index contributed by atoms with van der Waals surface area (Å²) in [4.78, 5) is 14.2. The van der Waals surface area contributed by atoms with Crippen LogP contribution in [0.1, 0.15) is 29.3 Å². The summed E-state index contributed by atoms with van der Waals surface area (Å²) in [5, 5.41) is 0. The SMILES string of the molecule is CCCN(CCCl)C(=O)c1ccc2c(c1)CCO2. The third-order valence-electron chi connectivity index (χ3n) is 3.07. The summed E-state index contributed by atoms with van der Waals surface area (Å²) in [6.07, 6.45) is 1.83. The minimum atomic E-state index is 0.0622. The minimum absolute atomic E-state index is 0.0622. The van der Waals surface area contributed by atoms with Crippen molar-refractivity contribution < 1.29 is 9.53 Å². The number of halogens is 1. The maximum atomic E-state index is 12.4. The van der Waals surface area contributed by atoms with Gasteiger partial charge in [-0.25, -0.2) is 0 Å². The highest BCUT2D eigenvalue weighted by molar-refractivity contribution is 6.18. The summed E-state index contributed by atoms with van der Waals surface area (Å²) < 4.78 is 5.44. The van der Waals surface area contributed by atoms with E-state index in [-0.39, 0.29) is 5.91 Å². The third-order valence-corrected chi connectivity index (χ3v) is 3.24. The standard InChI is InChI=1S/C14H18ClNO2/c1-2-7-16(8-6-15)14(17)12-3-4-13-11(10-12)5-9-18-13/h3-4,10H,2,5-9H2,1H3. The average Bonchev–Trinajstić information content (AvgIpc) is 2.84. The Bertz CT molecular complexity index is 428. The molecule has 2 rings (SSSR count). The molecule has 0 aliphatic carbocycles. The van der Waals surface area contributed by atoms with Gasteiger partial charge in [-0.15, -0.1) is 11.6 Å². The smallest absolute Gasteiger partial charge is 0.253 e. The van der Waals surface area contributed by atoms with Crippen molar-refractivity contribution in [3.8, 4) is 5.75 Å². The van der Waals surface area contributed by atoms with Gasteiger partial charge in [0.05, 0.1) is 6.61 Å². The zero-order chi connectivity index (χ0) is 13.0. The van der Waals surface area contributed by atoms with Crippen molar-refractivity contribution in [2.45, 2.75) is 19.8 Å². The van der Waals surface area contributed by atoms with Gasteiger partial charge in [0.25, 0.3) is 5.91 Å². The molecule has 0 bridgehead atoms. The van der Waals surface area contributed by atoms with Crippen LogP contribution in [-0.4, -0.2) is 36.4 Å². The Hall–Kier alpha value is -1.22. The van der Waals surface area contributed by atoms with Gasteiger partial charge < -0.3 is 9.64 Å². The number of rotatable bonds is 5. The van der Waals surface area contributed by atoms with Gasteiger partial charge in [-0.05, 0) is 30.2 Å². The molecule has 1 heterocycles. The summed E-state index contributed by atoms with van der Waals surface area (Å²) in [5.41, 5.74) is 1.86. The van der Waals surface area contributed by atoms with E-state index < -0.39 is 0 Å². The van der Waals surface area contributed by atoms with Crippen LogP contribution in [-0.2, 0) is 6.42 Å². The van der Waals surface area contributed by atoms with E-state index in [1.54, 1.807) is 0 Å². The zero-order valence-electron chi connectivity index (χ0n) is 10.6. The monoisotopic (exact) mass is 267 g/mol. The fraction of sp³-hybridized carbons (Fsp3) is 0.500. The number of carbonyl (C=O) groups is 1. The summed E-state index contributed by atoms with van der Waals surface area (Å²) in [7, 11) is 0. The van der Waals surface area contributed by atoms with Gasteiger partial charge in [0.1, 0.15) is 5.75 Å². The molecule has 0 unspecified atom stereocenters. The molecule has 1 aromatic rings. The van der Waals surface area contributed by atoms with Crippen molar-refractivity contribution in [1.82, 2.24) is 4.90 Å². The van der Waals surface area contributed by atoms with E-state index >= 15 is 0 Å². The largest absolute Gasteiger partial charge is 0.493 e. The Balaban J connectivity index is 2.16. The number of benzene rings is 1. The Kier molecular flexibility index (Phi) is 4.48. The van der Waals surface area contributed by atoms with Gasteiger partial charge in [-0.1, -0.05) is 6.92 Å². The quantitative estimate of drug-likeness (QED) is 0.768. The maximum Gasteiger partial charge on any atom is 0.253 e. The number of hydrogen-bond donors (Lipinski definition) is 0. The summed E-state index contributed by atoms with van der Waals surface area (Å²) in [6.45, 7) is 4.12. The highest BCUT2D eigenvalue weighted by atomic mass is 35.5. The molecule has 98 valence electrons. The number of alkyl halides is 1. The first kappa shape index (κ1) is 13.2. The lowest BCUT2D eigenvalue weighted by molar-refractivity contribution is 0.0765. The van der Waals surface area contributed by atoms with Gasteiger partial charge in [-0.2, -0.15) is 0 Å². The van der Waals surface area contributed by atoms with Crippen molar-refractivity contribution in [2.24, 2.45) is 0 Å². The van der Waals surface area contributed by atoms with E-state index in [1.807, 2.05) is 23.1 Å². The highest BCUT2D eigenvalue weighted by Crippen LogP contribution is 2.26. The molecule has 1 aliphatic rings. The second-order valence-electron chi connectivity index (χ2n) is 4.40. The van der Waals surface area contributed by atoms with E-state index in [4.69, 9.17) is 16.3 Å². The fourth-order valence-electron chi connectivity index (χ4n) is 2.19. The molecule has 0 saturated carbocycles. The van der Waals surface area contributed by atoms with Crippen LogP contribution in [0.5, 0.6) is 5.75 Å². The van der Waals surface area contributed by atoms with Gasteiger partial charge >= 0.3 is 0 Å². The van der Waals surface area contributed by atoms with E-state index in [0.29, 0.717) is 19.0 Å². The van der Waals surface area contributed by atoms with Crippen LogP contribution >= 0.6 is 11.6 Å². The highest BCUT2D eigenvalue weighted by Gasteiger charge is 2.18. The van der Waals surface area contributed by atoms with Crippen molar-refractivity contribution in [1.29, 1.82) is 0 Å². The molecule has 3 nitrogen and oxygen atoms in total. The maximum absolute atomic E-state index is 12.4. The lowest BCUT2D eigenvalue weighted by atomic mass is 10.1. The first-order chi connectivity index (χ1) is 8.76. The normalized spacial score (nSPS) is 13.0. The summed E-state index contributed by atoms with van der Waals surface area (Å²) >= 11 is 5.74. The van der Waals surface area contributed by atoms with Gasteiger partial charge in [0.2, 0.25) is 0 Å². The van der Waals surface area contributed by atoms with Crippen molar-refractivity contribution in [3.05, 3.63) is 29.3 Å². The average molecular weight is 268 g/mol. The first-order valence-electron chi connectivity index (χ1n) is 6.37. The van der Waals surface area contributed by atoms with Crippen LogP contribution < -0.4 is 4.74 Å². The number of hydrogen-bond acceptors (Lipinski definition) is 2. The van der Waals surface area contributed by atoms with Crippen LogP contribution in [0.15, 0.2) is 18.2 Å². The fourth-order valence-corrected chi connectivity index (χ4v) is 2.39. The van der Waals surface area contributed by atoms with E-state index in [2.05, 4.69) is 6.92 Å². The summed E-state index contributed by atoms with van der Waals surface area (Å²) in [5.74, 6) is 1.44. The van der Waals surface area contributed by atoms with Crippen LogP contribution in [0.2, 0.25) is 0 Å². The number of nitrogens with zero attached hydrogens (tertiary/aromatic N) is 1. The van der Waals surface area contributed by atoms with Gasteiger partial charge in [-0.3, -0.25) is 4.79 Å². The number of ether oxygens (including phenoxy) is 1. The molecule has 1 aliphatic heterocycles. The lowest BCUT2D eigenvalue weighted by Crippen LogP contribution is -2.33. The molecule has 0 radical (unpaired) electrons. The van der Waals surface area contributed by atoms with E-state index in [1.165, 1.54) is 0 Å². The Morgan fingerprint density at radius 2 is 2.28 bits per heavy atom. The Morgan fingerprint density at radius 1 is 1.44 bits per heavy atom. The Morgan fingerprint density at radius 3 is 3.00 bits per heavy atom. The predicted octanol–water partition coefficient (Wildman–Crippen LogP) is 2.71. The van der Waals surface area contributed by atoms with E-state index in [9.17, 15) is 4.79 Å². The molecule has 0 aromatic heterocycles. The van der Waals surface area contributed by atoms with Crippen molar-refractivity contribution in [3.63, 3.8) is 0 Å². The van der Waals surface area contributed by atoms with E-state index in [0.717, 1.165) is 36.3 Å². The lowest BCUT2D eigenvalue weighted by Gasteiger charge is -2.21. The molecule has 0 atom stereocenters. The molecular formula is C14H18ClNO2. The predicted molar refractivity (Wildman–Crippen MR) is 72.6 cm³/mol. The van der Waals surface area contributed by atoms with Crippen LogP contribution in [0.3, 0.4) is 0 Å². The first-order valence-corrected chi connectivity index (χ1v) is 6.90. The van der Waals surface area contributed by atoms with Crippen LogP contribution in [0.4, 0.5) is 0 Å². The molecule has 0 saturated heterocycles. The minimum Gasteiger partial charge on any atom is -0.493 e. The Labute approximate surface area is 113 Å². The van der Waals surface area contributed by atoms with Crippen molar-refractivity contribution >= 4 is 17.5 Å². The molecule has 0 fully saturated rings. The van der Waals surface area contributed by atoms with Gasteiger partial charge in [0, 0.05) is 31.0 Å². The second kappa shape index (κ2) is 6.10. The molecule has 1 aromatic carbocycles. The van der Waals surface area contributed by atoms with Gasteiger partial charge in [0.15, 0.2) is 0 Å². The number of amides is 1. The number of fused-ring (bicyclic) bond motifs is 1. The number of carbonyl (C=O) groups excluding carboxylic acids is 1. The third kappa shape index (κ3) is 2.78. The molecule has 18 heavy (non-hydrogen) atoms. The molecule has 0 N–H and O–H groups in total. The topological polar surface area (TPSA) is 29.5 Å².